The number of carboxylic acid groups (broad SMARTS) is 1. The molecule has 0 aliphatic heterocycles. The summed E-state index contributed by atoms with van der Waals surface area (Å²) in [6.45, 7) is 4.35. The van der Waals surface area contributed by atoms with Gasteiger partial charge in [0.2, 0.25) is 0 Å². The standard InChI is InChI=1S/C15H15BrO3S/c1-3-11-4-5-12(20-11)8-19-14-9(2)6-10(16)7-13(14)15(17)18/h4-7H,3,8H2,1-2H3,(H,17,18). The molecule has 0 bridgehead atoms. The molecule has 0 atom stereocenters. The van der Waals surface area contributed by atoms with Gasteiger partial charge in [-0.3, -0.25) is 0 Å². The summed E-state index contributed by atoms with van der Waals surface area (Å²) < 4.78 is 6.48. The number of aromatic carboxylic acids is 1. The molecule has 106 valence electrons. The fourth-order valence-corrected chi connectivity index (χ4v) is 3.36. The minimum absolute atomic E-state index is 0.184. The smallest absolute Gasteiger partial charge is 0.339 e. The van der Waals surface area contributed by atoms with Gasteiger partial charge in [-0.2, -0.15) is 0 Å². The molecule has 20 heavy (non-hydrogen) atoms. The summed E-state index contributed by atoms with van der Waals surface area (Å²) in [5.74, 6) is -0.544. The number of rotatable bonds is 5. The average Bonchev–Trinajstić information content (AvgIpc) is 2.84. The van der Waals surface area contributed by atoms with Gasteiger partial charge in [0.25, 0.3) is 0 Å². The Morgan fingerprint density at radius 2 is 2.05 bits per heavy atom. The maximum absolute atomic E-state index is 11.3. The maximum atomic E-state index is 11.3. The van der Waals surface area contributed by atoms with Crippen molar-refractivity contribution in [2.45, 2.75) is 26.9 Å². The van der Waals surface area contributed by atoms with E-state index >= 15 is 0 Å². The van der Waals surface area contributed by atoms with Crippen LogP contribution in [0.1, 0.15) is 32.6 Å². The number of hydrogen-bond donors (Lipinski definition) is 1. The molecule has 0 spiro atoms. The summed E-state index contributed by atoms with van der Waals surface area (Å²) in [6.07, 6.45) is 1.00. The Bertz CT molecular complexity index is 634. The lowest BCUT2D eigenvalue weighted by Crippen LogP contribution is -2.04. The van der Waals surface area contributed by atoms with Crippen LogP contribution in [-0.2, 0) is 13.0 Å². The summed E-state index contributed by atoms with van der Waals surface area (Å²) in [5.41, 5.74) is 0.994. The zero-order valence-electron chi connectivity index (χ0n) is 11.3. The monoisotopic (exact) mass is 354 g/mol. The van der Waals surface area contributed by atoms with Crippen molar-refractivity contribution >= 4 is 33.2 Å². The molecule has 0 saturated carbocycles. The maximum Gasteiger partial charge on any atom is 0.339 e. The lowest BCUT2D eigenvalue weighted by atomic mass is 10.1. The Hall–Kier alpha value is -1.33. The van der Waals surface area contributed by atoms with Gasteiger partial charge in [-0.05, 0) is 43.2 Å². The van der Waals surface area contributed by atoms with E-state index < -0.39 is 5.97 Å². The zero-order valence-corrected chi connectivity index (χ0v) is 13.7. The van der Waals surface area contributed by atoms with Crippen molar-refractivity contribution in [3.05, 3.63) is 49.6 Å². The predicted molar refractivity (Wildman–Crippen MR) is 83.9 cm³/mol. The van der Waals surface area contributed by atoms with E-state index in [1.54, 1.807) is 17.4 Å². The van der Waals surface area contributed by atoms with E-state index in [-0.39, 0.29) is 5.56 Å². The number of aryl methyl sites for hydroxylation is 2. The van der Waals surface area contributed by atoms with Crippen LogP contribution < -0.4 is 4.74 Å². The average molecular weight is 355 g/mol. The summed E-state index contributed by atoms with van der Waals surface area (Å²) in [4.78, 5) is 13.7. The Balaban J connectivity index is 2.22. The Kier molecular flexibility index (Phi) is 4.83. The first-order chi connectivity index (χ1) is 9.51. The summed E-state index contributed by atoms with van der Waals surface area (Å²) in [6, 6.07) is 7.53. The van der Waals surface area contributed by atoms with E-state index in [4.69, 9.17) is 4.74 Å². The van der Waals surface area contributed by atoms with Crippen LogP contribution in [0.2, 0.25) is 0 Å². The summed E-state index contributed by atoms with van der Waals surface area (Å²) >= 11 is 5.00. The molecule has 5 heteroatoms. The highest BCUT2D eigenvalue weighted by Crippen LogP contribution is 2.29. The van der Waals surface area contributed by atoms with Crippen molar-refractivity contribution in [2.75, 3.05) is 0 Å². The van der Waals surface area contributed by atoms with Crippen LogP contribution in [0.3, 0.4) is 0 Å². The molecule has 1 N–H and O–H groups in total. The first-order valence-electron chi connectivity index (χ1n) is 6.25. The van der Waals surface area contributed by atoms with E-state index in [1.807, 2.05) is 19.1 Å². The molecule has 0 fully saturated rings. The number of thiophene rings is 1. The molecule has 1 aromatic heterocycles. The van der Waals surface area contributed by atoms with Gasteiger partial charge < -0.3 is 9.84 Å². The molecular formula is C15H15BrO3S. The third kappa shape index (κ3) is 3.41. The van der Waals surface area contributed by atoms with E-state index in [0.29, 0.717) is 12.4 Å². The van der Waals surface area contributed by atoms with Crippen LogP contribution in [0.15, 0.2) is 28.7 Å². The van der Waals surface area contributed by atoms with Gasteiger partial charge in [0.15, 0.2) is 0 Å². The fourth-order valence-electron chi connectivity index (χ4n) is 1.91. The van der Waals surface area contributed by atoms with Crippen LogP contribution in [0, 0.1) is 6.92 Å². The van der Waals surface area contributed by atoms with Gasteiger partial charge in [-0.1, -0.05) is 22.9 Å². The number of carbonyl (C=O) groups is 1. The lowest BCUT2D eigenvalue weighted by Gasteiger charge is -2.12. The predicted octanol–water partition coefficient (Wildman–Crippen LogP) is 4.66. The highest BCUT2D eigenvalue weighted by atomic mass is 79.9. The van der Waals surface area contributed by atoms with Crippen molar-refractivity contribution in [3.63, 3.8) is 0 Å². The summed E-state index contributed by atoms with van der Waals surface area (Å²) in [7, 11) is 0. The van der Waals surface area contributed by atoms with Crippen LogP contribution in [0.5, 0.6) is 5.75 Å². The zero-order chi connectivity index (χ0) is 14.7. The molecule has 0 amide bonds. The van der Waals surface area contributed by atoms with Crippen LogP contribution in [0.4, 0.5) is 0 Å². The molecular weight excluding hydrogens is 340 g/mol. The van der Waals surface area contributed by atoms with Gasteiger partial charge in [0.1, 0.15) is 17.9 Å². The second kappa shape index (κ2) is 6.41. The number of carboxylic acids is 1. The first kappa shape index (κ1) is 15.1. The van der Waals surface area contributed by atoms with Crippen LogP contribution in [-0.4, -0.2) is 11.1 Å². The van der Waals surface area contributed by atoms with E-state index in [9.17, 15) is 9.90 Å². The Labute approximate surface area is 130 Å². The van der Waals surface area contributed by atoms with Gasteiger partial charge in [0, 0.05) is 14.2 Å². The van der Waals surface area contributed by atoms with Crippen molar-refractivity contribution in [1.82, 2.24) is 0 Å². The molecule has 0 saturated heterocycles. The molecule has 1 heterocycles. The number of hydrogen-bond acceptors (Lipinski definition) is 3. The van der Waals surface area contributed by atoms with E-state index in [1.165, 1.54) is 4.88 Å². The third-order valence-corrected chi connectivity index (χ3v) is 4.56. The molecule has 0 aliphatic rings. The molecule has 2 aromatic rings. The van der Waals surface area contributed by atoms with Crippen molar-refractivity contribution in [3.8, 4) is 5.75 Å². The summed E-state index contributed by atoms with van der Waals surface area (Å²) in [5, 5.41) is 9.26. The normalized spacial score (nSPS) is 10.6. The number of benzene rings is 1. The van der Waals surface area contributed by atoms with Gasteiger partial charge in [-0.15, -0.1) is 11.3 Å². The van der Waals surface area contributed by atoms with Crippen molar-refractivity contribution in [1.29, 1.82) is 0 Å². The second-order valence-electron chi connectivity index (χ2n) is 4.41. The number of ether oxygens (including phenoxy) is 1. The topological polar surface area (TPSA) is 46.5 Å². The highest BCUT2D eigenvalue weighted by molar-refractivity contribution is 9.10. The first-order valence-corrected chi connectivity index (χ1v) is 7.86. The van der Waals surface area contributed by atoms with Crippen LogP contribution in [0.25, 0.3) is 0 Å². The fraction of sp³-hybridized carbons (Fsp3) is 0.267. The van der Waals surface area contributed by atoms with Crippen molar-refractivity contribution in [2.24, 2.45) is 0 Å². The van der Waals surface area contributed by atoms with Crippen LogP contribution >= 0.6 is 27.3 Å². The quantitative estimate of drug-likeness (QED) is 0.849. The number of halogens is 1. The molecule has 1 aromatic carbocycles. The molecule has 0 unspecified atom stereocenters. The van der Waals surface area contributed by atoms with Crippen molar-refractivity contribution < 1.29 is 14.6 Å². The SMILES string of the molecule is CCc1ccc(COc2c(C)cc(Br)cc2C(=O)O)s1. The highest BCUT2D eigenvalue weighted by Gasteiger charge is 2.15. The minimum Gasteiger partial charge on any atom is -0.487 e. The van der Waals surface area contributed by atoms with Gasteiger partial charge in [0.05, 0.1) is 0 Å². The minimum atomic E-state index is -0.982. The largest absolute Gasteiger partial charge is 0.487 e. The van der Waals surface area contributed by atoms with Gasteiger partial charge >= 0.3 is 5.97 Å². The Morgan fingerprint density at radius 3 is 2.65 bits per heavy atom. The Morgan fingerprint density at radius 1 is 1.35 bits per heavy atom. The van der Waals surface area contributed by atoms with E-state index in [2.05, 4.69) is 28.9 Å². The molecule has 2 rings (SSSR count). The molecule has 0 aliphatic carbocycles. The second-order valence-corrected chi connectivity index (χ2v) is 6.58. The van der Waals surface area contributed by atoms with Gasteiger partial charge in [-0.25, -0.2) is 4.79 Å². The lowest BCUT2D eigenvalue weighted by molar-refractivity contribution is 0.0691. The molecule has 0 radical (unpaired) electrons. The molecule has 3 nitrogen and oxygen atoms in total. The van der Waals surface area contributed by atoms with E-state index in [0.717, 1.165) is 21.3 Å². The third-order valence-electron chi connectivity index (χ3n) is 2.89.